The van der Waals surface area contributed by atoms with Crippen molar-refractivity contribution in [3.63, 3.8) is 0 Å². The van der Waals surface area contributed by atoms with Gasteiger partial charge in [-0.15, -0.1) is 12.4 Å². The smallest absolute Gasteiger partial charge is 0.220 e. The van der Waals surface area contributed by atoms with Crippen LogP contribution >= 0.6 is 12.4 Å². The number of ether oxygens (including phenoxy) is 3. The first-order chi connectivity index (χ1) is 12.1. The molecule has 0 bridgehead atoms. The number of carbonyl (C=O) groups is 1. The Labute approximate surface area is 162 Å². The van der Waals surface area contributed by atoms with Gasteiger partial charge in [0, 0.05) is 24.6 Å². The van der Waals surface area contributed by atoms with E-state index < -0.39 is 0 Å². The maximum absolute atomic E-state index is 12.3. The van der Waals surface area contributed by atoms with Gasteiger partial charge in [-0.2, -0.15) is 0 Å². The number of methoxy groups -OCH3 is 3. The molecule has 0 aliphatic carbocycles. The Morgan fingerprint density at radius 3 is 2.42 bits per heavy atom. The molecule has 6 nitrogen and oxygen atoms in total. The summed E-state index contributed by atoms with van der Waals surface area (Å²) in [6.07, 6.45) is 2.94. The van der Waals surface area contributed by atoms with Crippen molar-refractivity contribution in [1.29, 1.82) is 0 Å². The number of benzene rings is 1. The van der Waals surface area contributed by atoms with Gasteiger partial charge in [-0.1, -0.05) is 6.92 Å². The van der Waals surface area contributed by atoms with Crippen LogP contribution in [-0.2, 0) is 11.3 Å². The molecule has 1 fully saturated rings. The first-order valence-electron chi connectivity index (χ1n) is 8.85. The summed E-state index contributed by atoms with van der Waals surface area (Å²) in [6.45, 7) is 4.67. The van der Waals surface area contributed by atoms with E-state index in [1.807, 2.05) is 6.07 Å². The van der Waals surface area contributed by atoms with Crippen LogP contribution in [0, 0.1) is 11.8 Å². The van der Waals surface area contributed by atoms with Gasteiger partial charge in [-0.05, 0) is 43.8 Å². The van der Waals surface area contributed by atoms with Crippen molar-refractivity contribution in [2.45, 2.75) is 32.7 Å². The number of amides is 1. The monoisotopic (exact) mass is 386 g/mol. The summed E-state index contributed by atoms with van der Waals surface area (Å²) < 4.78 is 16.0. The van der Waals surface area contributed by atoms with Crippen molar-refractivity contribution in [1.82, 2.24) is 10.6 Å². The van der Waals surface area contributed by atoms with E-state index >= 15 is 0 Å². The number of halogens is 1. The maximum Gasteiger partial charge on any atom is 0.220 e. The number of hydrogen-bond acceptors (Lipinski definition) is 5. The van der Waals surface area contributed by atoms with Crippen molar-refractivity contribution in [2.24, 2.45) is 11.8 Å². The summed E-state index contributed by atoms with van der Waals surface area (Å²) in [4.78, 5) is 12.3. The van der Waals surface area contributed by atoms with E-state index in [1.54, 1.807) is 27.4 Å². The van der Waals surface area contributed by atoms with Crippen molar-refractivity contribution in [2.75, 3.05) is 34.4 Å². The van der Waals surface area contributed by atoms with Crippen LogP contribution in [0.5, 0.6) is 17.2 Å². The molecule has 148 valence electrons. The predicted octanol–water partition coefficient (Wildman–Crippen LogP) is 2.78. The molecule has 2 N–H and O–H groups in total. The summed E-state index contributed by atoms with van der Waals surface area (Å²) in [5, 5.41) is 6.41. The van der Waals surface area contributed by atoms with Gasteiger partial charge in [0.05, 0.1) is 21.3 Å². The topological polar surface area (TPSA) is 68.8 Å². The highest BCUT2D eigenvalue weighted by molar-refractivity contribution is 5.85. The van der Waals surface area contributed by atoms with Crippen LogP contribution < -0.4 is 24.8 Å². The van der Waals surface area contributed by atoms with E-state index in [2.05, 4.69) is 17.6 Å². The fourth-order valence-corrected chi connectivity index (χ4v) is 3.32. The van der Waals surface area contributed by atoms with Gasteiger partial charge in [0.25, 0.3) is 0 Å². The highest BCUT2D eigenvalue weighted by atomic mass is 35.5. The van der Waals surface area contributed by atoms with E-state index in [0.29, 0.717) is 42.0 Å². The molecule has 1 aromatic rings. The van der Waals surface area contributed by atoms with E-state index in [4.69, 9.17) is 14.2 Å². The average Bonchev–Trinajstić information content (AvgIpc) is 2.66. The van der Waals surface area contributed by atoms with Crippen molar-refractivity contribution >= 4 is 18.3 Å². The minimum absolute atomic E-state index is 0. The minimum atomic E-state index is 0. The molecule has 2 atom stereocenters. The molecule has 26 heavy (non-hydrogen) atoms. The Bertz CT molecular complexity index is 577. The summed E-state index contributed by atoms with van der Waals surface area (Å²) in [5.74, 6) is 2.91. The summed E-state index contributed by atoms with van der Waals surface area (Å²) in [7, 11) is 4.78. The molecular formula is C19H31ClN2O4. The van der Waals surface area contributed by atoms with E-state index in [0.717, 1.165) is 18.7 Å². The van der Waals surface area contributed by atoms with Crippen LogP contribution in [0.1, 0.15) is 31.7 Å². The van der Waals surface area contributed by atoms with Crippen LogP contribution in [0.2, 0.25) is 0 Å². The van der Waals surface area contributed by atoms with Gasteiger partial charge >= 0.3 is 0 Å². The number of rotatable bonds is 8. The van der Waals surface area contributed by atoms with E-state index in [1.165, 1.54) is 12.8 Å². The summed E-state index contributed by atoms with van der Waals surface area (Å²) in [5.41, 5.74) is 0.862. The van der Waals surface area contributed by atoms with Crippen LogP contribution in [0.15, 0.2) is 12.1 Å². The van der Waals surface area contributed by atoms with Crippen LogP contribution in [0.25, 0.3) is 0 Å². The lowest BCUT2D eigenvalue weighted by atomic mass is 9.85. The van der Waals surface area contributed by atoms with Gasteiger partial charge in [-0.25, -0.2) is 0 Å². The van der Waals surface area contributed by atoms with Gasteiger partial charge in [0.1, 0.15) is 5.75 Å². The second-order valence-electron chi connectivity index (χ2n) is 6.58. The summed E-state index contributed by atoms with van der Waals surface area (Å²) in [6, 6.07) is 3.61. The van der Waals surface area contributed by atoms with Gasteiger partial charge < -0.3 is 24.8 Å². The first kappa shape index (κ1) is 22.4. The molecule has 1 saturated heterocycles. The van der Waals surface area contributed by atoms with Crippen molar-refractivity contribution in [3.05, 3.63) is 17.7 Å². The molecule has 7 heteroatoms. The van der Waals surface area contributed by atoms with Crippen molar-refractivity contribution in [3.8, 4) is 17.2 Å². The number of hydrogen-bond donors (Lipinski definition) is 2. The SMILES string of the molecule is COc1cc(OC)c(OC)cc1CNC(=O)CC(C)C1CCCNC1.Cl. The lowest BCUT2D eigenvalue weighted by Gasteiger charge is -2.28. The zero-order chi connectivity index (χ0) is 18.2. The Hall–Kier alpha value is -1.66. The average molecular weight is 387 g/mol. The Balaban J connectivity index is 0.00000338. The zero-order valence-corrected chi connectivity index (χ0v) is 16.9. The second-order valence-corrected chi connectivity index (χ2v) is 6.58. The standard InChI is InChI=1S/C19H30N2O4.ClH/c1-13(14-6-5-7-20-11-14)8-19(22)21-12-15-9-17(24-3)18(25-4)10-16(15)23-2;/h9-10,13-14,20H,5-8,11-12H2,1-4H3,(H,21,22);1H. The van der Waals surface area contributed by atoms with Crippen LogP contribution in [0.4, 0.5) is 0 Å². The van der Waals surface area contributed by atoms with Gasteiger partial charge in [-0.3, -0.25) is 4.79 Å². The molecule has 1 aliphatic rings. The van der Waals surface area contributed by atoms with Crippen LogP contribution in [-0.4, -0.2) is 40.3 Å². The fraction of sp³-hybridized carbons (Fsp3) is 0.632. The molecule has 0 radical (unpaired) electrons. The van der Waals surface area contributed by atoms with Gasteiger partial charge in [0.2, 0.25) is 5.91 Å². The van der Waals surface area contributed by atoms with E-state index in [9.17, 15) is 4.79 Å². The van der Waals surface area contributed by atoms with Crippen molar-refractivity contribution < 1.29 is 19.0 Å². The highest BCUT2D eigenvalue weighted by Crippen LogP contribution is 2.34. The van der Waals surface area contributed by atoms with E-state index in [-0.39, 0.29) is 18.3 Å². The molecule has 1 aliphatic heterocycles. The molecule has 2 rings (SSSR count). The second kappa shape index (κ2) is 11.1. The molecule has 1 amide bonds. The molecule has 2 unspecified atom stereocenters. The lowest BCUT2D eigenvalue weighted by Crippen LogP contribution is -2.35. The molecule has 1 heterocycles. The quantitative estimate of drug-likeness (QED) is 0.719. The number of nitrogens with one attached hydrogen (secondary N) is 2. The van der Waals surface area contributed by atoms with Crippen LogP contribution in [0.3, 0.4) is 0 Å². The van der Waals surface area contributed by atoms with Gasteiger partial charge in [0.15, 0.2) is 11.5 Å². The Kier molecular flexibility index (Phi) is 9.59. The Morgan fingerprint density at radius 1 is 1.19 bits per heavy atom. The fourth-order valence-electron chi connectivity index (χ4n) is 3.32. The minimum Gasteiger partial charge on any atom is -0.496 e. The molecule has 0 spiro atoms. The molecule has 0 saturated carbocycles. The molecular weight excluding hydrogens is 356 g/mol. The Morgan fingerprint density at radius 2 is 1.85 bits per heavy atom. The molecule has 1 aromatic carbocycles. The third kappa shape index (κ3) is 5.95. The third-order valence-corrected chi connectivity index (χ3v) is 4.91. The highest BCUT2D eigenvalue weighted by Gasteiger charge is 2.22. The predicted molar refractivity (Wildman–Crippen MR) is 105 cm³/mol. The maximum atomic E-state index is 12.3. The summed E-state index contributed by atoms with van der Waals surface area (Å²) >= 11 is 0. The third-order valence-electron chi connectivity index (χ3n) is 4.91. The normalized spacial score (nSPS) is 17.6. The number of piperidine rings is 1. The molecule has 0 aromatic heterocycles. The largest absolute Gasteiger partial charge is 0.496 e. The lowest BCUT2D eigenvalue weighted by molar-refractivity contribution is -0.122. The number of carbonyl (C=O) groups excluding carboxylic acids is 1. The zero-order valence-electron chi connectivity index (χ0n) is 16.1. The first-order valence-corrected chi connectivity index (χ1v) is 8.85.